The third-order valence-electron chi connectivity index (χ3n) is 6.25. The Balaban J connectivity index is 1.82. The van der Waals surface area contributed by atoms with Gasteiger partial charge < -0.3 is 15.4 Å². The number of carbonyl (C=O) groups excluding carboxylic acids is 2. The number of ether oxygens (including phenoxy) is 1. The van der Waals surface area contributed by atoms with Gasteiger partial charge in [0.1, 0.15) is 5.82 Å². The highest BCUT2D eigenvalue weighted by molar-refractivity contribution is 6.06. The number of hydrogen-bond donors (Lipinski definition) is 2. The molecule has 34 heavy (non-hydrogen) atoms. The van der Waals surface area contributed by atoms with Crippen LogP contribution in [0.25, 0.3) is 0 Å². The highest BCUT2D eigenvalue weighted by Crippen LogP contribution is 2.48. The van der Waals surface area contributed by atoms with Crippen LogP contribution in [0.3, 0.4) is 0 Å². The molecule has 1 aliphatic heterocycles. The number of nitrogens with one attached hydrogen (secondary N) is 2. The van der Waals surface area contributed by atoms with Crippen LogP contribution in [0.15, 0.2) is 59.8 Å². The third kappa shape index (κ3) is 4.99. The van der Waals surface area contributed by atoms with Gasteiger partial charge in [-0.3, -0.25) is 9.69 Å². The molecule has 0 aromatic heterocycles. The molecule has 0 radical (unpaired) electrons. The highest BCUT2D eigenvalue weighted by atomic mass is 19.1. The van der Waals surface area contributed by atoms with Gasteiger partial charge in [-0.05, 0) is 55.0 Å². The van der Waals surface area contributed by atoms with Crippen molar-refractivity contribution in [2.75, 3.05) is 30.0 Å². The number of para-hydroxylation sites is 2. The Morgan fingerprint density at radius 2 is 1.91 bits per heavy atom. The molecule has 2 N–H and O–H groups in total. The number of hydrogen-bond acceptors (Lipinski definition) is 4. The number of urea groups is 1. The van der Waals surface area contributed by atoms with Gasteiger partial charge in [0.2, 0.25) is 0 Å². The molecule has 2 aliphatic rings. The van der Waals surface area contributed by atoms with E-state index in [0.29, 0.717) is 55.8 Å². The van der Waals surface area contributed by atoms with Crippen LogP contribution in [-0.4, -0.2) is 31.6 Å². The molecule has 180 valence electrons. The molecular formula is C27H32FN3O3. The van der Waals surface area contributed by atoms with Crippen LogP contribution < -0.4 is 15.5 Å². The maximum atomic E-state index is 13.8. The minimum absolute atomic E-state index is 0.00460. The molecule has 2 aromatic carbocycles. The molecule has 1 heterocycles. The number of anilines is 2. The summed E-state index contributed by atoms with van der Waals surface area (Å²) in [5.41, 5.74) is 3.28. The van der Waals surface area contributed by atoms with Crippen LogP contribution >= 0.6 is 0 Å². The zero-order chi connectivity index (χ0) is 24.3. The van der Waals surface area contributed by atoms with Gasteiger partial charge in [-0.1, -0.05) is 38.1 Å². The number of allylic oxidation sites excluding steroid dienone is 1. The van der Waals surface area contributed by atoms with Crippen molar-refractivity contribution in [3.63, 3.8) is 0 Å². The molecule has 0 spiro atoms. The van der Waals surface area contributed by atoms with Crippen molar-refractivity contribution in [3.8, 4) is 0 Å². The first kappa shape index (κ1) is 24.0. The topological polar surface area (TPSA) is 70.7 Å². The van der Waals surface area contributed by atoms with E-state index in [4.69, 9.17) is 4.74 Å². The van der Waals surface area contributed by atoms with Crippen molar-refractivity contribution in [2.24, 2.45) is 5.41 Å². The lowest BCUT2D eigenvalue weighted by Gasteiger charge is -2.37. The van der Waals surface area contributed by atoms with Crippen molar-refractivity contribution in [1.82, 2.24) is 5.32 Å². The molecular weight excluding hydrogens is 433 g/mol. The summed E-state index contributed by atoms with van der Waals surface area (Å²) in [6.45, 7) is 7.70. The minimum Gasteiger partial charge on any atom is -0.382 e. The number of ketones is 1. The average molecular weight is 466 g/mol. The van der Waals surface area contributed by atoms with E-state index in [1.807, 2.05) is 31.2 Å². The lowest BCUT2D eigenvalue weighted by atomic mass is 9.73. The van der Waals surface area contributed by atoms with Crippen molar-refractivity contribution in [2.45, 2.75) is 46.1 Å². The molecule has 2 aromatic rings. The van der Waals surface area contributed by atoms with Crippen LogP contribution in [0, 0.1) is 11.2 Å². The zero-order valence-corrected chi connectivity index (χ0v) is 20.0. The molecule has 0 fully saturated rings. The van der Waals surface area contributed by atoms with E-state index in [2.05, 4.69) is 24.5 Å². The normalized spacial score (nSPS) is 19.1. The summed E-state index contributed by atoms with van der Waals surface area (Å²) in [5.74, 6) is -0.372. The van der Waals surface area contributed by atoms with E-state index in [-0.39, 0.29) is 23.0 Å². The van der Waals surface area contributed by atoms with Crippen molar-refractivity contribution in [3.05, 3.63) is 71.2 Å². The van der Waals surface area contributed by atoms with Crippen molar-refractivity contribution < 1.29 is 18.7 Å². The Kier molecular flexibility index (Phi) is 7.03. The fraction of sp³-hybridized carbons (Fsp3) is 0.407. The molecule has 0 saturated heterocycles. The largest absolute Gasteiger partial charge is 0.382 e. The van der Waals surface area contributed by atoms with Crippen molar-refractivity contribution >= 4 is 23.2 Å². The summed E-state index contributed by atoms with van der Waals surface area (Å²) in [6.07, 6.45) is 1.73. The van der Waals surface area contributed by atoms with Gasteiger partial charge in [-0.15, -0.1) is 0 Å². The number of amides is 2. The summed E-state index contributed by atoms with van der Waals surface area (Å²) in [5, 5.41) is 6.46. The van der Waals surface area contributed by atoms with Gasteiger partial charge in [0.25, 0.3) is 0 Å². The summed E-state index contributed by atoms with van der Waals surface area (Å²) in [6, 6.07) is 12.6. The molecule has 0 saturated carbocycles. The number of fused-ring (bicyclic) bond motifs is 1. The first-order valence-corrected chi connectivity index (χ1v) is 11.8. The Morgan fingerprint density at radius 3 is 2.65 bits per heavy atom. The second-order valence-corrected chi connectivity index (χ2v) is 9.58. The molecule has 0 unspecified atom stereocenters. The number of carbonyl (C=O) groups is 2. The van der Waals surface area contributed by atoms with E-state index >= 15 is 0 Å². The molecule has 7 heteroatoms. The third-order valence-corrected chi connectivity index (χ3v) is 6.25. The van der Waals surface area contributed by atoms with Gasteiger partial charge in [0.05, 0.1) is 17.4 Å². The maximum absolute atomic E-state index is 13.8. The standard InChI is InChI=1S/C27H32FN3O3/c1-4-34-15-7-14-29-26(33)31-22-9-6-5-8-20(22)30-21-16-27(2,3)17-23(32)24(21)25(31)18-10-12-19(28)13-11-18/h5-6,8-13,25,30H,4,7,14-17H2,1-3H3,(H,29,33)/t25-/m0/s1. The van der Waals surface area contributed by atoms with Crippen LogP contribution in [0.2, 0.25) is 0 Å². The molecule has 1 aliphatic carbocycles. The summed E-state index contributed by atoms with van der Waals surface area (Å²) < 4.78 is 19.2. The number of Topliss-reactive ketones (excluding diaryl/α,β-unsaturated/α-hetero) is 1. The highest BCUT2D eigenvalue weighted by Gasteiger charge is 2.43. The number of rotatable bonds is 6. The molecule has 6 nitrogen and oxygen atoms in total. The molecule has 4 rings (SSSR count). The second-order valence-electron chi connectivity index (χ2n) is 9.58. The van der Waals surface area contributed by atoms with Crippen LogP contribution in [0.5, 0.6) is 0 Å². The van der Waals surface area contributed by atoms with E-state index in [1.165, 1.54) is 12.1 Å². The number of halogens is 1. The summed E-state index contributed by atoms with van der Waals surface area (Å²) >= 11 is 0. The van der Waals surface area contributed by atoms with Gasteiger partial charge in [-0.25, -0.2) is 9.18 Å². The maximum Gasteiger partial charge on any atom is 0.322 e. The quantitative estimate of drug-likeness (QED) is 0.547. The number of nitrogens with zero attached hydrogens (tertiary/aromatic N) is 1. The summed E-state index contributed by atoms with van der Waals surface area (Å²) in [7, 11) is 0. The van der Waals surface area contributed by atoms with Gasteiger partial charge in [0.15, 0.2) is 5.78 Å². The minimum atomic E-state index is -0.678. The van der Waals surface area contributed by atoms with Crippen LogP contribution in [0.1, 0.15) is 51.6 Å². The lowest BCUT2D eigenvalue weighted by Crippen LogP contribution is -2.45. The number of benzene rings is 2. The van der Waals surface area contributed by atoms with E-state index < -0.39 is 6.04 Å². The predicted octanol–water partition coefficient (Wildman–Crippen LogP) is 5.58. The Morgan fingerprint density at radius 1 is 1.18 bits per heavy atom. The fourth-order valence-electron chi connectivity index (χ4n) is 4.77. The second kappa shape index (κ2) is 9.97. The first-order valence-electron chi connectivity index (χ1n) is 11.8. The van der Waals surface area contributed by atoms with E-state index in [9.17, 15) is 14.0 Å². The SMILES string of the molecule is CCOCCCNC(=O)N1c2ccccc2NC2=C(C(=O)CC(C)(C)C2)[C@@H]1c1ccc(F)cc1. The van der Waals surface area contributed by atoms with E-state index in [0.717, 1.165) is 11.4 Å². The van der Waals surface area contributed by atoms with Crippen LogP contribution in [-0.2, 0) is 9.53 Å². The Hall–Kier alpha value is -3.19. The molecule has 2 amide bonds. The smallest absolute Gasteiger partial charge is 0.322 e. The van der Waals surface area contributed by atoms with Gasteiger partial charge in [-0.2, -0.15) is 0 Å². The Bertz CT molecular complexity index is 1090. The lowest BCUT2D eigenvalue weighted by molar-refractivity contribution is -0.118. The molecule has 0 bridgehead atoms. The first-order chi connectivity index (χ1) is 16.3. The fourth-order valence-corrected chi connectivity index (χ4v) is 4.77. The van der Waals surface area contributed by atoms with Gasteiger partial charge in [0, 0.05) is 37.4 Å². The van der Waals surface area contributed by atoms with E-state index in [1.54, 1.807) is 17.0 Å². The van der Waals surface area contributed by atoms with Crippen LogP contribution in [0.4, 0.5) is 20.6 Å². The Labute approximate surface area is 200 Å². The zero-order valence-electron chi connectivity index (χ0n) is 20.0. The monoisotopic (exact) mass is 465 g/mol. The molecule has 1 atom stereocenters. The average Bonchev–Trinajstić information content (AvgIpc) is 2.93. The predicted molar refractivity (Wildman–Crippen MR) is 131 cm³/mol. The van der Waals surface area contributed by atoms with Gasteiger partial charge >= 0.3 is 6.03 Å². The van der Waals surface area contributed by atoms with Crippen molar-refractivity contribution in [1.29, 1.82) is 0 Å². The summed E-state index contributed by atoms with van der Waals surface area (Å²) in [4.78, 5) is 28.8.